The molecule has 0 heterocycles. The first-order valence-electron chi connectivity index (χ1n) is 7.63. The van der Waals surface area contributed by atoms with Crippen LogP contribution < -0.4 is 0 Å². The molecule has 1 aromatic carbocycles. The Labute approximate surface area is 136 Å². The average Bonchev–Trinajstić information content (AvgIpc) is 2.43. The summed E-state index contributed by atoms with van der Waals surface area (Å²) in [5.74, 6) is -0.246. The number of rotatable bonds is 7. The topological polar surface area (TPSA) is 98.0 Å². The van der Waals surface area contributed by atoms with Crippen LogP contribution in [0, 0.1) is 6.92 Å². The van der Waals surface area contributed by atoms with Crippen molar-refractivity contribution in [2.24, 2.45) is 0 Å². The van der Waals surface area contributed by atoms with E-state index in [1.807, 2.05) is 13.0 Å². The van der Waals surface area contributed by atoms with Crippen molar-refractivity contribution in [2.45, 2.75) is 58.7 Å². The molecule has 4 N–H and O–H groups in total. The molecule has 0 bridgehead atoms. The lowest BCUT2D eigenvalue weighted by molar-refractivity contribution is -0.0509. The van der Waals surface area contributed by atoms with Gasteiger partial charge in [-0.25, -0.2) is 0 Å². The molecule has 0 spiro atoms. The number of aliphatic hydroxyl groups excluding tert-OH is 1. The van der Waals surface area contributed by atoms with E-state index in [-0.39, 0.29) is 23.5 Å². The second-order valence-electron chi connectivity index (χ2n) is 6.53. The number of aldehydes is 1. The van der Waals surface area contributed by atoms with Crippen LogP contribution >= 0.6 is 0 Å². The van der Waals surface area contributed by atoms with E-state index in [9.17, 15) is 25.2 Å². The Hall–Kier alpha value is -1.85. The Bertz CT molecular complexity index is 596. The third-order valence-corrected chi connectivity index (χ3v) is 4.03. The fraction of sp³-hybridized carbons (Fsp3) is 0.500. The number of benzene rings is 1. The first kappa shape index (κ1) is 19.2. The van der Waals surface area contributed by atoms with E-state index in [1.165, 1.54) is 6.07 Å². The zero-order valence-corrected chi connectivity index (χ0v) is 14.1. The van der Waals surface area contributed by atoms with Gasteiger partial charge in [0.25, 0.3) is 0 Å². The van der Waals surface area contributed by atoms with Crippen LogP contribution in [0.5, 0.6) is 11.5 Å². The Morgan fingerprint density at radius 3 is 2.48 bits per heavy atom. The molecule has 0 aromatic heterocycles. The maximum Gasteiger partial charge on any atom is 0.154 e. The van der Waals surface area contributed by atoms with Crippen LogP contribution in [0.15, 0.2) is 17.7 Å². The molecule has 0 saturated heterocycles. The number of hydrogen-bond acceptors (Lipinski definition) is 5. The molecule has 0 fully saturated rings. The van der Waals surface area contributed by atoms with Crippen LogP contribution in [0.3, 0.4) is 0 Å². The van der Waals surface area contributed by atoms with Crippen molar-refractivity contribution < 1.29 is 25.2 Å². The molecule has 0 aliphatic carbocycles. The average molecular weight is 322 g/mol. The smallest absolute Gasteiger partial charge is 0.154 e. The van der Waals surface area contributed by atoms with Gasteiger partial charge in [0.15, 0.2) is 6.29 Å². The number of carbonyl (C=O) groups is 1. The van der Waals surface area contributed by atoms with E-state index in [1.54, 1.807) is 20.8 Å². The van der Waals surface area contributed by atoms with Gasteiger partial charge in [-0.1, -0.05) is 11.6 Å². The summed E-state index contributed by atoms with van der Waals surface area (Å²) in [7, 11) is 0. The molecule has 23 heavy (non-hydrogen) atoms. The quantitative estimate of drug-likeness (QED) is 0.457. The maximum absolute atomic E-state index is 11.0. The number of hydrogen-bond donors (Lipinski definition) is 4. The van der Waals surface area contributed by atoms with Crippen molar-refractivity contribution in [1.29, 1.82) is 0 Å². The molecular weight excluding hydrogens is 296 g/mol. The molecule has 1 aromatic rings. The lowest BCUT2D eigenvalue weighted by Gasteiger charge is -2.24. The maximum atomic E-state index is 11.0. The zero-order valence-electron chi connectivity index (χ0n) is 14.1. The van der Waals surface area contributed by atoms with E-state index in [0.717, 1.165) is 5.57 Å². The molecule has 1 rings (SSSR count). The first-order chi connectivity index (χ1) is 10.6. The Kier molecular flexibility index (Phi) is 6.36. The zero-order chi connectivity index (χ0) is 17.8. The highest BCUT2D eigenvalue weighted by Crippen LogP contribution is 2.33. The number of allylic oxidation sites excluding steroid dienone is 2. The summed E-state index contributed by atoms with van der Waals surface area (Å²) in [6.07, 6.45) is 2.85. The van der Waals surface area contributed by atoms with Gasteiger partial charge >= 0.3 is 0 Å². The van der Waals surface area contributed by atoms with Gasteiger partial charge in [-0.2, -0.15) is 0 Å². The lowest BCUT2D eigenvalue weighted by atomic mass is 9.95. The fourth-order valence-electron chi connectivity index (χ4n) is 2.29. The largest absolute Gasteiger partial charge is 0.508 e. The Balaban J connectivity index is 2.83. The molecule has 0 radical (unpaired) electrons. The van der Waals surface area contributed by atoms with Gasteiger partial charge < -0.3 is 20.4 Å². The third-order valence-electron chi connectivity index (χ3n) is 4.03. The standard InChI is InChI=1S/C18H26O5/c1-11(6-8-16(21)18(3,4)23)5-7-13-15(20)9-12(2)14(10-19)17(13)22/h5,9-10,16,20-23H,6-8H2,1-4H3/b11-5+. The van der Waals surface area contributed by atoms with Gasteiger partial charge in [0.2, 0.25) is 0 Å². The minimum Gasteiger partial charge on any atom is -0.508 e. The molecule has 128 valence electrons. The number of carbonyl (C=O) groups excluding carboxylic acids is 1. The highest BCUT2D eigenvalue weighted by atomic mass is 16.3. The van der Waals surface area contributed by atoms with Crippen LogP contribution in [-0.2, 0) is 6.42 Å². The van der Waals surface area contributed by atoms with Crippen LogP contribution in [0.4, 0.5) is 0 Å². The van der Waals surface area contributed by atoms with Gasteiger partial charge in [-0.05, 0) is 58.6 Å². The second kappa shape index (κ2) is 7.62. The number of aryl methyl sites for hydroxylation is 1. The van der Waals surface area contributed by atoms with Crippen molar-refractivity contribution in [3.05, 3.63) is 34.4 Å². The molecule has 5 heteroatoms. The summed E-state index contributed by atoms with van der Waals surface area (Å²) in [6.45, 7) is 6.63. The van der Waals surface area contributed by atoms with Crippen LogP contribution in [-0.4, -0.2) is 38.4 Å². The van der Waals surface area contributed by atoms with Gasteiger partial charge in [-0.3, -0.25) is 4.79 Å². The lowest BCUT2D eigenvalue weighted by Crippen LogP contribution is -2.35. The fourth-order valence-corrected chi connectivity index (χ4v) is 2.29. The molecule has 0 aliphatic rings. The van der Waals surface area contributed by atoms with E-state index >= 15 is 0 Å². The summed E-state index contributed by atoms with van der Waals surface area (Å²) in [4.78, 5) is 11.0. The molecule has 0 aliphatic heterocycles. The van der Waals surface area contributed by atoms with Gasteiger partial charge in [-0.15, -0.1) is 0 Å². The Morgan fingerprint density at radius 2 is 1.96 bits per heavy atom. The van der Waals surface area contributed by atoms with E-state index in [0.29, 0.717) is 30.3 Å². The number of phenolic OH excluding ortho intramolecular Hbond substituents is 2. The van der Waals surface area contributed by atoms with E-state index in [2.05, 4.69) is 0 Å². The van der Waals surface area contributed by atoms with Gasteiger partial charge in [0, 0.05) is 5.56 Å². The summed E-state index contributed by atoms with van der Waals surface area (Å²) >= 11 is 0. The van der Waals surface area contributed by atoms with Crippen LogP contribution in [0.2, 0.25) is 0 Å². The minimum absolute atomic E-state index is 0.0498. The molecule has 0 saturated carbocycles. The normalized spacial score (nSPS) is 13.9. The molecule has 1 unspecified atom stereocenters. The third kappa shape index (κ3) is 5.08. The molecule has 1 atom stereocenters. The van der Waals surface area contributed by atoms with Crippen LogP contribution in [0.1, 0.15) is 55.1 Å². The van der Waals surface area contributed by atoms with Crippen molar-refractivity contribution in [3.63, 3.8) is 0 Å². The van der Waals surface area contributed by atoms with Crippen molar-refractivity contribution in [1.82, 2.24) is 0 Å². The van der Waals surface area contributed by atoms with Gasteiger partial charge in [0.05, 0.1) is 17.3 Å². The first-order valence-corrected chi connectivity index (χ1v) is 7.63. The van der Waals surface area contributed by atoms with Crippen molar-refractivity contribution in [2.75, 3.05) is 0 Å². The highest BCUT2D eigenvalue weighted by Gasteiger charge is 2.23. The number of aliphatic hydroxyl groups is 2. The van der Waals surface area contributed by atoms with Crippen molar-refractivity contribution in [3.8, 4) is 11.5 Å². The highest BCUT2D eigenvalue weighted by molar-refractivity contribution is 5.83. The Morgan fingerprint density at radius 1 is 1.35 bits per heavy atom. The summed E-state index contributed by atoms with van der Waals surface area (Å²) in [5, 5.41) is 39.6. The van der Waals surface area contributed by atoms with E-state index < -0.39 is 11.7 Å². The molecular formula is C18H26O5. The SMILES string of the molecule is C/C(=C\Cc1c(O)cc(C)c(C=O)c1O)CCC(O)C(C)(C)O. The number of phenols is 2. The molecule has 5 nitrogen and oxygen atoms in total. The predicted octanol–water partition coefficient (Wildman–Crippen LogP) is 2.62. The minimum atomic E-state index is -1.15. The van der Waals surface area contributed by atoms with Gasteiger partial charge in [0.1, 0.15) is 11.5 Å². The second-order valence-corrected chi connectivity index (χ2v) is 6.53. The summed E-state index contributed by atoms with van der Waals surface area (Å²) in [5.41, 5.74) is 0.821. The molecule has 0 amide bonds. The summed E-state index contributed by atoms with van der Waals surface area (Å²) < 4.78 is 0. The number of aromatic hydroxyl groups is 2. The monoisotopic (exact) mass is 322 g/mol. The predicted molar refractivity (Wildman–Crippen MR) is 88.9 cm³/mol. The van der Waals surface area contributed by atoms with Crippen molar-refractivity contribution >= 4 is 6.29 Å². The van der Waals surface area contributed by atoms with Crippen LogP contribution in [0.25, 0.3) is 0 Å². The summed E-state index contributed by atoms with van der Waals surface area (Å²) in [6, 6.07) is 1.46. The van der Waals surface area contributed by atoms with E-state index in [4.69, 9.17) is 0 Å².